The Morgan fingerprint density at radius 1 is 1.44 bits per heavy atom. The molecule has 1 fully saturated rings. The summed E-state index contributed by atoms with van der Waals surface area (Å²) in [6.07, 6.45) is 0. The molecule has 1 heterocycles. The second kappa shape index (κ2) is 5.64. The van der Waals surface area contributed by atoms with Crippen molar-refractivity contribution in [3.05, 3.63) is 34.9 Å². The van der Waals surface area contributed by atoms with Crippen LogP contribution in [0.2, 0.25) is 5.02 Å². The minimum atomic E-state index is 0.192. The number of nitrogens with zero attached hydrogens (tertiary/aromatic N) is 1. The lowest BCUT2D eigenvalue weighted by molar-refractivity contribution is 0.0946. The highest BCUT2D eigenvalue weighted by Crippen LogP contribution is 2.18. The number of benzene rings is 1. The first-order chi connectivity index (χ1) is 7.81. The molecule has 1 aliphatic rings. The zero-order chi connectivity index (χ0) is 11.4. The number of hydrogen-bond donors (Lipinski definition) is 2. The molecule has 1 aromatic rings. The molecule has 0 aromatic heterocycles. The Morgan fingerprint density at radius 3 is 3.00 bits per heavy atom. The van der Waals surface area contributed by atoms with Crippen molar-refractivity contribution in [2.75, 3.05) is 26.2 Å². The first kappa shape index (κ1) is 11.9. The van der Waals surface area contributed by atoms with Crippen LogP contribution in [-0.2, 0) is 6.54 Å². The maximum atomic E-state index is 9.29. The van der Waals surface area contributed by atoms with Crippen LogP contribution in [0.3, 0.4) is 0 Å². The summed E-state index contributed by atoms with van der Waals surface area (Å²) < 4.78 is 0. The van der Waals surface area contributed by atoms with Crippen molar-refractivity contribution in [1.82, 2.24) is 10.2 Å². The lowest BCUT2D eigenvalue weighted by atomic mass is 10.1. The van der Waals surface area contributed by atoms with E-state index in [-0.39, 0.29) is 12.6 Å². The molecule has 4 heteroatoms. The van der Waals surface area contributed by atoms with Gasteiger partial charge in [-0.05, 0) is 11.6 Å². The molecule has 0 saturated carbocycles. The average Bonchev–Trinajstić information content (AvgIpc) is 2.33. The molecule has 0 bridgehead atoms. The van der Waals surface area contributed by atoms with Crippen molar-refractivity contribution >= 4 is 11.6 Å². The van der Waals surface area contributed by atoms with Gasteiger partial charge in [-0.2, -0.15) is 0 Å². The Morgan fingerprint density at radius 2 is 2.25 bits per heavy atom. The fourth-order valence-corrected chi connectivity index (χ4v) is 2.23. The van der Waals surface area contributed by atoms with Crippen molar-refractivity contribution in [3.63, 3.8) is 0 Å². The van der Waals surface area contributed by atoms with Crippen LogP contribution in [0.4, 0.5) is 0 Å². The fourth-order valence-electron chi connectivity index (χ4n) is 2.04. The molecule has 2 rings (SSSR count). The third kappa shape index (κ3) is 2.74. The van der Waals surface area contributed by atoms with Crippen LogP contribution in [0, 0.1) is 0 Å². The van der Waals surface area contributed by atoms with E-state index in [2.05, 4.69) is 10.2 Å². The topological polar surface area (TPSA) is 35.5 Å². The van der Waals surface area contributed by atoms with Crippen molar-refractivity contribution in [2.45, 2.75) is 12.6 Å². The standard InChI is InChI=1S/C12H17ClN2O/c13-12-4-2-1-3-10(12)8-15-6-5-14-7-11(15)9-16/h1-4,11,14,16H,5-9H2/t11-/m0/s1. The summed E-state index contributed by atoms with van der Waals surface area (Å²) >= 11 is 6.13. The zero-order valence-electron chi connectivity index (χ0n) is 9.19. The molecule has 1 atom stereocenters. The van der Waals surface area contributed by atoms with E-state index in [1.807, 2.05) is 24.3 Å². The first-order valence-electron chi connectivity index (χ1n) is 5.60. The van der Waals surface area contributed by atoms with E-state index in [9.17, 15) is 5.11 Å². The first-order valence-corrected chi connectivity index (χ1v) is 5.98. The van der Waals surface area contributed by atoms with E-state index in [0.29, 0.717) is 0 Å². The smallest absolute Gasteiger partial charge is 0.0599 e. The molecular formula is C12H17ClN2O. The van der Waals surface area contributed by atoms with Crippen LogP contribution >= 0.6 is 11.6 Å². The third-order valence-corrected chi connectivity index (χ3v) is 3.38. The van der Waals surface area contributed by atoms with Crippen LogP contribution in [-0.4, -0.2) is 42.3 Å². The van der Waals surface area contributed by atoms with Gasteiger partial charge in [0.2, 0.25) is 0 Å². The molecule has 0 spiro atoms. The largest absolute Gasteiger partial charge is 0.395 e. The molecule has 0 aliphatic carbocycles. The third-order valence-electron chi connectivity index (χ3n) is 3.01. The van der Waals surface area contributed by atoms with Crippen molar-refractivity contribution in [1.29, 1.82) is 0 Å². The Hall–Kier alpha value is -0.610. The molecule has 3 nitrogen and oxygen atoms in total. The van der Waals surface area contributed by atoms with Gasteiger partial charge >= 0.3 is 0 Å². The fraction of sp³-hybridized carbons (Fsp3) is 0.500. The van der Waals surface area contributed by atoms with Gasteiger partial charge in [0.15, 0.2) is 0 Å². The highest BCUT2D eigenvalue weighted by molar-refractivity contribution is 6.31. The van der Waals surface area contributed by atoms with Gasteiger partial charge in [0.1, 0.15) is 0 Å². The number of aliphatic hydroxyl groups excluding tert-OH is 1. The van der Waals surface area contributed by atoms with Crippen molar-refractivity contribution in [2.24, 2.45) is 0 Å². The van der Waals surface area contributed by atoms with Gasteiger partial charge in [-0.15, -0.1) is 0 Å². The van der Waals surface area contributed by atoms with E-state index in [4.69, 9.17) is 11.6 Å². The SMILES string of the molecule is OC[C@@H]1CNCCN1Cc1ccccc1Cl. The predicted molar refractivity (Wildman–Crippen MR) is 65.6 cm³/mol. The van der Waals surface area contributed by atoms with Crippen LogP contribution < -0.4 is 5.32 Å². The van der Waals surface area contributed by atoms with Crippen LogP contribution in [0.15, 0.2) is 24.3 Å². The van der Waals surface area contributed by atoms with Gasteiger partial charge in [-0.3, -0.25) is 4.90 Å². The molecular weight excluding hydrogens is 224 g/mol. The number of aliphatic hydroxyl groups is 1. The van der Waals surface area contributed by atoms with Gasteiger partial charge in [0, 0.05) is 37.2 Å². The van der Waals surface area contributed by atoms with Gasteiger partial charge < -0.3 is 10.4 Å². The Kier molecular flexibility index (Phi) is 4.18. The summed E-state index contributed by atoms with van der Waals surface area (Å²) in [6, 6.07) is 8.08. The van der Waals surface area contributed by atoms with Gasteiger partial charge in [-0.25, -0.2) is 0 Å². The minimum absolute atomic E-state index is 0.192. The summed E-state index contributed by atoms with van der Waals surface area (Å²) in [5, 5.41) is 13.4. The summed E-state index contributed by atoms with van der Waals surface area (Å²) in [6.45, 7) is 3.78. The molecule has 1 saturated heterocycles. The van der Waals surface area contributed by atoms with Crippen molar-refractivity contribution < 1.29 is 5.11 Å². The number of piperazine rings is 1. The Labute approximate surface area is 101 Å². The Balaban J connectivity index is 2.05. The maximum absolute atomic E-state index is 9.29. The highest BCUT2D eigenvalue weighted by Gasteiger charge is 2.21. The lowest BCUT2D eigenvalue weighted by Crippen LogP contribution is -2.52. The quantitative estimate of drug-likeness (QED) is 0.831. The number of nitrogens with one attached hydrogen (secondary N) is 1. The summed E-state index contributed by atoms with van der Waals surface area (Å²) in [5.74, 6) is 0. The van der Waals surface area contributed by atoms with Crippen molar-refractivity contribution in [3.8, 4) is 0 Å². The molecule has 0 unspecified atom stereocenters. The van der Waals surface area contributed by atoms with Gasteiger partial charge in [0.25, 0.3) is 0 Å². The van der Waals surface area contributed by atoms with Crippen LogP contribution in [0.5, 0.6) is 0 Å². The van der Waals surface area contributed by atoms with Gasteiger partial charge in [0.05, 0.1) is 6.61 Å². The molecule has 0 amide bonds. The summed E-state index contributed by atoms with van der Waals surface area (Å²) in [5.41, 5.74) is 1.13. The second-order valence-corrected chi connectivity index (χ2v) is 4.51. The Bertz CT molecular complexity index is 346. The molecule has 2 N–H and O–H groups in total. The van der Waals surface area contributed by atoms with Crippen LogP contribution in [0.1, 0.15) is 5.56 Å². The van der Waals surface area contributed by atoms with E-state index in [0.717, 1.165) is 36.8 Å². The second-order valence-electron chi connectivity index (χ2n) is 4.10. The average molecular weight is 241 g/mol. The van der Waals surface area contributed by atoms with E-state index >= 15 is 0 Å². The van der Waals surface area contributed by atoms with E-state index < -0.39 is 0 Å². The number of halogens is 1. The number of rotatable bonds is 3. The van der Waals surface area contributed by atoms with Crippen LogP contribution in [0.25, 0.3) is 0 Å². The molecule has 0 radical (unpaired) electrons. The minimum Gasteiger partial charge on any atom is -0.395 e. The van der Waals surface area contributed by atoms with E-state index in [1.54, 1.807) is 0 Å². The molecule has 16 heavy (non-hydrogen) atoms. The summed E-state index contributed by atoms with van der Waals surface area (Å²) in [4.78, 5) is 2.28. The molecule has 1 aliphatic heterocycles. The monoisotopic (exact) mass is 240 g/mol. The lowest BCUT2D eigenvalue weighted by Gasteiger charge is -2.35. The maximum Gasteiger partial charge on any atom is 0.0599 e. The highest BCUT2D eigenvalue weighted by atomic mass is 35.5. The number of hydrogen-bond acceptors (Lipinski definition) is 3. The van der Waals surface area contributed by atoms with Gasteiger partial charge in [-0.1, -0.05) is 29.8 Å². The molecule has 88 valence electrons. The normalized spacial score (nSPS) is 22.2. The zero-order valence-corrected chi connectivity index (χ0v) is 9.95. The molecule has 1 aromatic carbocycles. The van der Waals surface area contributed by atoms with E-state index in [1.165, 1.54) is 0 Å². The summed E-state index contributed by atoms with van der Waals surface area (Å²) in [7, 11) is 0. The predicted octanol–water partition coefficient (Wildman–Crippen LogP) is 1.11.